The Labute approximate surface area is 83.4 Å². The van der Waals surface area contributed by atoms with E-state index >= 15 is 0 Å². The number of alkyl halides is 1. The Bertz CT molecular complexity index is 136. The Morgan fingerprint density at radius 1 is 1.50 bits per heavy atom. The third kappa shape index (κ3) is 5.58. The lowest BCUT2D eigenvalue weighted by Gasteiger charge is -2.15. The van der Waals surface area contributed by atoms with E-state index in [-0.39, 0.29) is 5.91 Å². The average Bonchev–Trinajstić information content (AvgIpc) is 2.00. The fourth-order valence-electron chi connectivity index (χ4n) is 0.854. The molecule has 1 amide bonds. The number of nitrogens with zero attached hydrogens (tertiary/aromatic N) is 1. The first-order chi connectivity index (χ1) is 5.57. The SMILES string of the molecule is CC(C)CCC(=O)N(C)CCBr. The molecule has 12 heavy (non-hydrogen) atoms. The zero-order valence-corrected chi connectivity index (χ0v) is 9.73. The van der Waals surface area contributed by atoms with Gasteiger partial charge >= 0.3 is 0 Å². The summed E-state index contributed by atoms with van der Waals surface area (Å²) >= 11 is 3.30. The molecular formula is C9H18BrNO. The maximum atomic E-state index is 11.3. The van der Waals surface area contributed by atoms with Gasteiger partial charge in [-0.15, -0.1) is 0 Å². The van der Waals surface area contributed by atoms with Crippen LogP contribution in [-0.4, -0.2) is 29.7 Å². The molecule has 0 rings (SSSR count). The van der Waals surface area contributed by atoms with Gasteiger partial charge < -0.3 is 4.90 Å². The molecule has 0 radical (unpaired) electrons. The van der Waals surface area contributed by atoms with E-state index in [1.54, 1.807) is 4.90 Å². The van der Waals surface area contributed by atoms with Gasteiger partial charge in [-0.25, -0.2) is 0 Å². The predicted octanol–water partition coefficient (Wildman–Crippen LogP) is 2.28. The second-order valence-electron chi connectivity index (χ2n) is 3.44. The predicted molar refractivity (Wildman–Crippen MR) is 55.5 cm³/mol. The van der Waals surface area contributed by atoms with Crippen LogP contribution in [0.15, 0.2) is 0 Å². The number of rotatable bonds is 5. The molecule has 0 aromatic heterocycles. The molecule has 72 valence electrons. The molecule has 0 aromatic carbocycles. The van der Waals surface area contributed by atoms with E-state index in [0.717, 1.165) is 18.3 Å². The fourth-order valence-corrected chi connectivity index (χ4v) is 1.39. The first-order valence-electron chi connectivity index (χ1n) is 4.37. The molecule has 0 aliphatic carbocycles. The maximum absolute atomic E-state index is 11.3. The molecule has 0 saturated heterocycles. The lowest BCUT2D eigenvalue weighted by atomic mass is 10.1. The number of hydrogen-bond acceptors (Lipinski definition) is 1. The van der Waals surface area contributed by atoms with E-state index in [1.807, 2.05) is 7.05 Å². The summed E-state index contributed by atoms with van der Waals surface area (Å²) in [7, 11) is 1.85. The molecular weight excluding hydrogens is 218 g/mol. The van der Waals surface area contributed by atoms with Crippen molar-refractivity contribution in [3.8, 4) is 0 Å². The summed E-state index contributed by atoms with van der Waals surface area (Å²) in [6, 6.07) is 0. The molecule has 0 spiro atoms. The van der Waals surface area contributed by atoms with Crippen LogP contribution in [0.1, 0.15) is 26.7 Å². The molecule has 0 heterocycles. The average molecular weight is 236 g/mol. The fraction of sp³-hybridized carbons (Fsp3) is 0.889. The summed E-state index contributed by atoms with van der Waals surface area (Å²) in [5, 5.41) is 0.858. The van der Waals surface area contributed by atoms with E-state index in [2.05, 4.69) is 29.8 Å². The Balaban J connectivity index is 3.57. The minimum atomic E-state index is 0.253. The minimum absolute atomic E-state index is 0.253. The van der Waals surface area contributed by atoms with Crippen molar-refractivity contribution >= 4 is 21.8 Å². The highest BCUT2D eigenvalue weighted by Gasteiger charge is 2.07. The van der Waals surface area contributed by atoms with Gasteiger partial charge in [0.25, 0.3) is 0 Å². The zero-order chi connectivity index (χ0) is 9.56. The maximum Gasteiger partial charge on any atom is 0.222 e. The third-order valence-corrected chi connectivity index (χ3v) is 2.14. The third-order valence-electron chi connectivity index (χ3n) is 1.78. The molecule has 3 heteroatoms. The largest absolute Gasteiger partial charge is 0.345 e. The molecule has 0 aliphatic heterocycles. The molecule has 0 N–H and O–H groups in total. The van der Waals surface area contributed by atoms with Crippen LogP contribution in [0.5, 0.6) is 0 Å². The first-order valence-corrected chi connectivity index (χ1v) is 5.50. The van der Waals surface area contributed by atoms with Crippen molar-refractivity contribution in [3.05, 3.63) is 0 Å². The number of halogens is 1. The van der Waals surface area contributed by atoms with Gasteiger partial charge in [-0.1, -0.05) is 29.8 Å². The van der Waals surface area contributed by atoms with Crippen molar-refractivity contribution in [3.63, 3.8) is 0 Å². The van der Waals surface area contributed by atoms with E-state index in [4.69, 9.17) is 0 Å². The summed E-state index contributed by atoms with van der Waals surface area (Å²) < 4.78 is 0. The monoisotopic (exact) mass is 235 g/mol. The number of hydrogen-bond donors (Lipinski definition) is 0. The lowest BCUT2D eigenvalue weighted by molar-refractivity contribution is -0.129. The highest BCUT2D eigenvalue weighted by atomic mass is 79.9. The molecule has 0 atom stereocenters. The molecule has 0 bridgehead atoms. The first kappa shape index (κ1) is 11.9. The summed E-state index contributed by atoms with van der Waals surface area (Å²) in [5.74, 6) is 0.870. The van der Waals surface area contributed by atoms with Crippen molar-refractivity contribution in [2.75, 3.05) is 18.9 Å². The molecule has 0 aliphatic rings. The molecule has 0 fully saturated rings. The number of carbonyl (C=O) groups excluding carboxylic acids is 1. The van der Waals surface area contributed by atoms with Gasteiger partial charge in [0.2, 0.25) is 5.91 Å². The van der Waals surface area contributed by atoms with Crippen LogP contribution in [-0.2, 0) is 4.79 Å². The van der Waals surface area contributed by atoms with Gasteiger partial charge in [-0.2, -0.15) is 0 Å². The van der Waals surface area contributed by atoms with Crippen molar-refractivity contribution < 1.29 is 4.79 Å². The van der Waals surface area contributed by atoms with Gasteiger partial charge in [-0.3, -0.25) is 4.79 Å². The zero-order valence-electron chi connectivity index (χ0n) is 8.14. The van der Waals surface area contributed by atoms with E-state index in [0.29, 0.717) is 12.3 Å². The van der Waals surface area contributed by atoms with Crippen LogP contribution in [0.2, 0.25) is 0 Å². The second kappa shape index (κ2) is 6.46. The van der Waals surface area contributed by atoms with Gasteiger partial charge in [0, 0.05) is 25.3 Å². The van der Waals surface area contributed by atoms with Crippen LogP contribution >= 0.6 is 15.9 Å². The number of carbonyl (C=O) groups is 1. The van der Waals surface area contributed by atoms with Crippen molar-refractivity contribution in [2.24, 2.45) is 5.92 Å². The topological polar surface area (TPSA) is 20.3 Å². The minimum Gasteiger partial charge on any atom is -0.345 e. The summed E-state index contributed by atoms with van der Waals surface area (Å²) in [4.78, 5) is 13.1. The second-order valence-corrected chi connectivity index (χ2v) is 4.23. The van der Waals surface area contributed by atoms with Gasteiger partial charge in [0.15, 0.2) is 0 Å². The van der Waals surface area contributed by atoms with Crippen LogP contribution in [0.4, 0.5) is 0 Å². The quantitative estimate of drug-likeness (QED) is 0.670. The smallest absolute Gasteiger partial charge is 0.222 e. The highest BCUT2D eigenvalue weighted by Crippen LogP contribution is 2.05. The van der Waals surface area contributed by atoms with E-state index in [9.17, 15) is 4.79 Å². The molecule has 2 nitrogen and oxygen atoms in total. The van der Waals surface area contributed by atoms with Gasteiger partial charge in [0.1, 0.15) is 0 Å². The standard InChI is InChI=1S/C9H18BrNO/c1-8(2)4-5-9(12)11(3)7-6-10/h8H,4-7H2,1-3H3. The lowest BCUT2D eigenvalue weighted by Crippen LogP contribution is -2.28. The van der Waals surface area contributed by atoms with Crippen molar-refractivity contribution in [2.45, 2.75) is 26.7 Å². The summed E-state index contributed by atoms with van der Waals surface area (Å²) in [5.41, 5.74) is 0. The normalized spacial score (nSPS) is 10.4. The Kier molecular flexibility index (Phi) is 6.44. The highest BCUT2D eigenvalue weighted by molar-refractivity contribution is 9.09. The van der Waals surface area contributed by atoms with Crippen molar-refractivity contribution in [1.29, 1.82) is 0 Å². The Hall–Kier alpha value is -0.0500. The van der Waals surface area contributed by atoms with Crippen LogP contribution in [0, 0.1) is 5.92 Å². The molecule has 0 saturated carbocycles. The number of amides is 1. The van der Waals surface area contributed by atoms with Crippen molar-refractivity contribution in [1.82, 2.24) is 4.90 Å². The Morgan fingerprint density at radius 2 is 2.08 bits per heavy atom. The van der Waals surface area contributed by atoms with E-state index < -0.39 is 0 Å². The van der Waals surface area contributed by atoms with Crippen LogP contribution < -0.4 is 0 Å². The Morgan fingerprint density at radius 3 is 2.50 bits per heavy atom. The molecule has 0 unspecified atom stereocenters. The molecule has 0 aromatic rings. The summed E-state index contributed by atoms with van der Waals surface area (Å²) in [6.45, 7) is 5.08. The van der Waals surface area contributed by atoms with Gasteiger partial charge in [0.05, 0.1) is 0 Å². The van der Waals surface area contributed by atoms with E-state index in [1.165, 1.54) is 0 Å². The summed E-state index contributed by atoms with van der Waals surface area (Å²) in [6.07, 6.45) is 1.67. The van der Waals surface area contributed by atoms with Crippen LogP contribution in [0.3, 0.4) is 0 Å². The van der Waals surface area contributed by atoms with Crippen LogP contribution in [0.25, 0.3) is 0 Å². The van der Waals surface area contributed by atoms with Gasteiger partial charge in [-0.05, 0) is 12.3 Å².